The zero-order chi connectivity index (χ0) is 15.8. The first-order valence-electron chi connectivity index (χ1n) is 7.19. The first kappa shape index (κ1) is 14.0. The van der Waals surface area contributed by atoms with Crippen LogP contribution >= 0.6 is 11.3 Å². The minimum Gasteiger partial charge on any atom is -0.481 e. The van der Waals surface area contributed by atoms with Gasteiger partial charge < -0.3 is 14.6 Å². The highest BCUT2D eigenvalue weighted by molar-refractivity contribution is 7.21. The molecule has 0 saturated heterocycles. The summed E-state index contributed by atoms with van der Waals surface area (Å²) in [7, 11) is 3.62. The van der Waals surface area contributed by atoms with E-state index in [0.29, 0.717) is 12.4 Å². The Morgan fingerprint density at radius 1 is 1.09 bits per heavy atom. The summed E-state index contributed by atoms with van der Waals surface area (Å²) in [5.41, 5.74) is 2.90. The number of hydrogen-bond acceptors (Lipinski definition) is 6. The molecule has 0 unspecified atom stereocenters. The molecule has 0 aliphatic carbocycles. The van der Waals surface area contributed by atoms with E-state index in [1.165, 1.54) is 0 Å². The molecule has 0 aliphatic rings. The van der Waals surface area contributed by atoms with Gasteiger partial charge in [0, 0.05) is 13.1 Å². The standard InChI is InChI=1S/C16H15N5OS/c1-21(9-13-17-10-5-3-4-6-11(10)18-13)16-19-12-7-8-14(22-2)20-15(12)23-16/h3-8H,9H2,1-2H3,(H,17,18). The van der Waals surface area contributed by atoms with Crippen molar-refractivity contribution < 1.29 is 4.74 Å². The molecule has 0 aliphatic heterocycles. The van der Waals surface area contributed by atoms with Gasteiger partial charge in [0.05, 0.1) is 24.7 Å². The fourth-order valence-electron chi connectivity index (χ4n) is 2.44. The molecule has 0 atom stereocenters. The predicted octanol–water partition coefficient (Wildman–Crippen LogP) is 3.21. The lowest BCUT2D eigenvalue weighted by atomic mass is 10.3. The minimum absolute atomic E-state index is 0.604. The summed E-state index contributed by atoms with van der Waals surface area (Å²) in [6, 6.07) is 11.8. The van der Waals surface area contributed by atoms with Crippen molar-refractivity contribution in [3.63, 3.8) is 0 Å². The summed E-state index contributed by atoms with van der Waals surface area (Å²) < 4.78 is 5.16. The number of anilines is 1. The minimum atomic E-state index is 0.604. The van der Waals surface area contributed by atoms with Crippen LogP contribution in [0, 0.1) is 0 Å². The van der Waals surface area contributed by atoms with E-state index in [4.69, 9.17) is 4.74 Å². The molecule has 3 aromatic heterocycles. The van der Waals surface area contributed by atoms with Crippen molar-refractivity contribution in [3.05, 3.63) is 42.2 Å². The second-order valence-electron chi connectivity index (χ2n) is 5.23. The predicted molar refractivity (Wildman–Crippen MR) is 92.2 cm³/mol. The number of ether oxygens (including phenoxy) is 1. The van der Waals surface area contributed by atoms with E-state index in [-0.39, 0.29) is 0 Å². The lowest BCUT2D eigenvalue weighted by Crippen LogP contribution is -2.16. The van der Waals surface area contributed by atoms with Crippen LogP contribution in [0.1, 0.15) is 5.82 Å². The van der Waals surface area contributed by atoms with Gasteiger partial charge in [0.15, 0.2) is 5.13 Å². The Hall–Kier alpha value is -2.67. The lowest BCUT2D eigenvalue weighted by molar-refractivity contribution is 0.400. The van der Waals surface area contributed by atoms with Crippen molar-refractivity contribution >= 4 is 37.8 Å². The third kappa shape index (κ3) is 2.59. The molecule has 0 saturated carbocycles. The van der Waals surface area contributed by atoms with Gasteiger partial charge in [-0.25, -0.2) is 15.0 Å². The van der Waals surface area contributed by atoms with Crippen LogP contribution < -0.4 is 9.64 Å². The maximum absolute atomic E-state index is 5.16. The first-order valence-corrected chi connectivity index (χ1v) is 8.01. The third-order valence-corrected chi connectivity index (χ3v) is 4.66. The van der Waals surface area contributed by atoms with Crippen LogP contribution in [0.3, 0.4) is 0 Å². The highest BCUT2D eigenvalue weighted by atomic mass is 32.1. The van der Waals surface area contributed by atoms with Crippen molar-refractivity contribution in [1.82, 2.24) is 19.9 Å². The molecule has 3 heterocycles. The van der Waals surface area contributed by atoms with E-state index >= 15 is 0 Å². The topological polar surface area (TPSA) is 66.9 Å². The second-order valence-corrected chi connectivity index (χ2v) is 6.19. The van der Waals surface area contributed by atoms with Crippen LogP contribution in [0.4, 0.5) is 5.13 Å². The van der Waals surface area contributed by atoms with Gasteiger partial charge in [0.2, 0.25) is 5.88 Å². The lowest BCUT2D eigenvalue weighted by Gasteiger charge is -2.13. The Morgan fingerprint density at radius 2 is 1.96 bits per heavy atom. The van der Waals surface area contributed by atoms with E-state index in [0.717, 1.165) is 32.3 Å². The number of fused-ring (bicyclic) bond motifs is 2. The van der Waals surface area contributed by atoms with Crippen molar-refractivity contribution in [2.24, 2.45) is 0 Å². The van der Waals surface area contributed by atoms with Gasteiger partial charge in [-0.1, -0.05) is 23.5 Å². The van der Waals surface area contributed by atoms with Gasteiger partial charge in [0.25, 0.3) is 0 Å². The normalized spacial score (nSPS) is 11.2. The van der Waals surface area contributed by atoms with Gasteiger partial charge >= 0.3 is 0 Å². The maximum Gasteiger partial charge on any atom is 0.214 e. The zero-order valence-corrected chi connectivity index (χ0v) is 13.6. The van der Waals surface area contributed by atoms with E-state index in [1.54, 1.807) is 18.4 Å². The van der Waals surface area contributed by atoms with E-state index in [1.807, 2.05) is 43.4 Å². The third-order valence-electron chi connectivity index (χ3n) is 3.58. The van der Waals surface area contributed by atoms with Crippen molar-refractivity contribution in [2.45, 2.75) is 6.54 Å². The van der Waals surface area contributed by atoms with E-state index in [9.17, 15) is 0 Å². The Kier molecular flexibility index (Phi) is 3.34. The van der Waals surface area contributed by atoms with Gasteiger partial charge in [-0.15, -0.1) is 0 Å². The van der Waals surface area contributed by atoms with Crippen molar-refractivity contribution in [3.8, 4) is 5.88 Å². The first-order chi connectivity index (χ1) is 11.2. The number of nitrogens with zero attached hydrogens (tertiary/aromatic N) is 4. The zero-order valence-electron chi connectivity index (χ0n) is 12.8. The molecular formula is C16H15N5OS. The molecule has 0 amide bonds. The summed E-state index contributed by atoms with van der Waals surface area (Å²) in [4.78, 5) is 19.9. The number of para-hydroxylation sites is 2. The van der Waals surface area contributed by atoms with Crippen LogP contribution in [0.2, 0.25) is 0 Å². The smallest absolute Gasteiger partial charge is 0.214 e. The molecule has 1 N–H and O–H groups in total. The highest BCUT2D eigenvalue weighted by Crippen LogP contribution is 2.29. The van der Waals surface area contributed by atoms with Crippen LogP contribution in [0.5, 0.6) is 5.88 Å². The molecule has 0 bridgehead atoms. The molecule has 1 aromatic carbocycles. The number of rotatable bonds is 4. The van der Waals surface area contributed by atoms with Gasteiger partial charge in [0.1, 0.15) is 16.2 Å². The fraction of sp³-hybridized carbons (Fsp3) is 0.188. The number of hydrogen-bond donors (Lipinski definition) is 1. The molecule has 23 heavy (non-hydrogen) atoms. The van der Waals surface area contributed by atoms with Crippen molar-refractivity contribution in [2.75, 3.05) is 19.1 Å². The number of benzene rings is 1. The fourth-order valence-corrected chi connectivity index (χ4v) is 3.33. The SMILES string of the molecule is COc1ccc2nc(N(C)Cc3nc4ccccc4[nH]3)sc2n1. The highest BCUT2D eigenvalue weighted by Gasteiger charge is 2.12. The summed E-state index contributed by atoms with van der Waals surface area (Å²) in [6.45, 7) is 0.658. The van der Waals surface area contributed by atoms with Crippen LogP contribution in [0.25, 0.3) is 21.4 Å². The van der Waals surface area contributed by atoms with Gasteiger partial charge in [-0.3, -0.25) is 0 Å². The summed E-state index contributed by atoms with van der Waals surface area (Å²) in [6.07, 6.45) is 0. The maximum atomic E-state index is 5.16. The Morgan fingerprint density at radius 3 is 2.78 bits per heavy atom. The number of aromatic nitrogens is 4. The van der Waals surface area contributed by atoms with Gasteiger partial charge in [-0.05, 0) is 18.2 Å². The summed E-state index contributed by atoms with van der Waals surface area (Å²) in [5.74, 6) is 1.52. The Bertz CT molecular complexity index is 944. The largest absolute Gasteiger partial charge is 0.481 e. The Balaban J connectivity index is 1.61. The molecule has 7 heteroatoms. The van der Waals surface area contributed by atoms with Crippen LogP contribution in [0.15, 0.2) is 36.4 Å². The second kappa shape index (κ2) is 5.51. The summed E-state index contributed by atoms with van der Waals surface area (Å²) >= 11 is 1.54. The van der Waals surface area contributed by atoms with E-state index < -0.39 is 0 Å². The molecule has 0 fully saturated rings. The number of imidazole rings is 1. The average Bonchev–Trinajstić information content (AvgIpc) is 3.16. The molecule has 0 radical (unpaired) electrons. The number of nitrogens with one attached hydrogen (secondary N) is 1. The number of H-pyrrole nitrogens is 1. The van der Waals surface area contributed by atoms with Gasteiger partial charge in [-0.2, -0.15) is 0 Å². The molecule has 4 aromatic rings. The number of thiazole rings is 1. The molecule has 0 spiro atoms. The van der Waals surface area contributed by atoms with Crippen LogP contribution in [-0.2, 0) is 6.54 Å². The number of pyridine rings is 1. The number of methoxy groups -OCH3 is 1. The van der Waals surface area contributed by atoms with Crippen LogP contribution in [-0.4, -0.2) is 34.1 Å². The quantitative estimate of drug-likeness (QED) is 0.624. The van der Waals surface area contributed by atoms with E-state index in [2.05, 4.69) is 24.8 Å². The summed E-state index contributed by atoms with van der Waals surface area (Å²) in [5, 5.41) is 0.904. The Labute approximate surface area is 136 Å². The monoisotopic (exact) mass is 325 g/mol. The average molecular weight is 325 g/mol. The molecule has 6 nitrogen and oxygen atoms in total. The molecular weight excluding hydrogens is 310 g/mol. The molecule has 116 valence electrons. The van der Waals surface area contributed by atoms with Crippen molar-refractivity contribution in [1.29, 1.82) is 0 Å². The number of aromatic amines is 1. The molecule has 4 rings (SSSR count).